The molecule has 0 spiro atoms. The number of aryl methyl sites for hydroxylation is 2. The Morgan fingerprint density at radius 1 is 1.15 bits per heavy atom. The molecule has 0 atom stereocenters. The third-order valence-corrected chi connectivity index (χ3v) is 3.50. The Morgan fingerprint density at radius 2 is 1.90 bits per heavy atom. The third kappa shape index (κ3) is 2.25. The van der Waals surface area contributed by atoms with E-state index in [1.54, 1.807) is 18.3 Å². The molecule has 102 valence electrons. The number of H-pyrrole nitrogens is 1. The van der Waals surface area contributed by atoms with Gasteiger partial charge in [0.05, 0.1) is 11.7 Å². The molecule has 0 radical (unpaired) electrons. The van der Waals surface area contributed by atoms with E-state index in [4.69, 9.17) is 4.74 Å². The van der Waals surface area contributed by atoms with Gasteiger partial charge in [-0.25, -0.2) is 4.39 Å². The molecule has 3 rings (SSSR count). The number of hydrogen-bond donors (Lipinski definition) is 1. The van der Waals surface area contributed by atoms with Crippen molar-refractivity contribution in [3.8, 4) is 5.75 Å². The molecule has 0 saturated carbocycles. The fourth-order valence-electron chi connectivity index (χ4n) is 2.19. The molecule has 0 bridgehead atoms. The molecule has 1 N–H and O–H groups in total. The minimum atomic E-state index is -0.242. The molecule has 4 heteroatoms. The zero-order valence-corrected chi connectivity index (χ0v) is 11.4. The monoisotopic (exact) mass is 270 g/mol. The van der Waals surface area contributed by atoms with Crippen molar-refractivity contribution < 1.29 is 9.13 Å². The van der Waals surface area contributed by atoms with E-state index in [1.807, 2.05) is 13.1 Å². The van der Waals surface area contributed by atoms with Gasteiger partial charge in [0.15, 0.2) is 5.75 Å². The van der Waals surface area contributed by atoms with E-state index >= 15 is 0 Å². The van der Waals surface area contributed by atoms with Crippen molar-refractivity contribution in [3.05, 3.63) is 59.3 Å². The van der Waals surface area contributed by atoms with Gasteiger partial charge < -0.3 is 9.72 Å². The Hall–Kier alpha value is -2.36. The zero-order chi connectivity index (χ0) is 14.1. The highest BCUT2D eigenvalue weighted by Crippen LogP contribution is 2.28. The van der Waals surface area contributed by atoms with Crippen LogP contribution in [0.2, 0.25) is 0 Å². The largest absolute Gasteiger partial charge is 0.485 e. The first-order valence-electron chi connectivity index (χ1n) is 6.45. The highest BCUT2D eigenvalue weighted by Gasteiger charge is 2.09. The van der Waals surface area contributed by atoms with Crippen LogP contribution >= 0.6 is 0 Å². The first-order chi connectivity index (χ1) is 9.65. The van der Waals surface area contributed by atoms with E-state index in [0.29, 0.717) is 12.4 Å². The zero-order valence-electron chi connectivity index (χ0n) is 11.4. The lowest BCUT2D eigenvalue weighted by Crippen LogP contribution is -1.96. The molecule has 1 aromatic carbocycles. The second-order valence-corrected chi connectivity index (χ2v) is 4.85. The SMILES string of the molecule is Cc1[nH]c2c(OCc3ccc(F)cc3)cncc2c1C. The van der Waals surface area contributed by atoms with Gasteiger partial charge in [-0.1, -0.05) is 12.1 Å². The number of nitrogens with zero attached hydrogens (tertiary/aromatic N) is 1. The van der Waals surface area contributed by atoms with E-state index < -0.39 is 0 Å². The molecule has 0 amide bonds. The number of nitrogens with one attached hydrogen (secondary N) is 1. The molecule has 0 fully saturated rings. The van der Waals surface area contributed by atoms with Crippen molar-refractivity contribution in [2.45, 2.75) is 20.5 Å². The van der Waals surface area contributed by atoms with Gasteiger partial charge in [0, 0.05) is 17.3 Å². The van der Waals surface area contributed by atoms with Gasteiger partial charge >= 0.3 is 0 Å². The van der Waals surface area contributed by atoms with Crippen molar-refractivity contribution in [1.82, 2.24) is 9.97 Å². The van der Waals surface area contributed by atoms with Crippen LogP contribution in [0, 0.1) is 19.7 Å². The lowest BCUT2D eigenvalue weighted by molar-refractivity contribution is 0.308. The lowest BCUT2D eigenvalue weighted by atomic mass is 10.2. The molecule has 2 aromatic heterocycles. The van der Waals surface area contributed by atoms with E-state index in [9.17, 15) is 4.39 Å². The first kappa shape index (κ1) is 12.7. The molecule has 0 saturated heterocycles. The number of halogens is 1. The van der Waals surface area contributed by atoms with Crippen molar-refractivity contribution in [1.29, 1.82) is 0 Å². The van der Waals surface area contributed by atoms with Crippen LogP contribution < -0.4 is 4.74 Å². The van der Waals surface area contributed by atoms with Crippen LogP contribution in [0.25, 0.3) is 10.9 Å². The Bertz CT molecular complexity index is 747. The van der Waals surface area contributed by atoms with Crippen molar-refractivity contribution in [3.63, 3.8) is 0 Å². The summed E-state index contributed by atoms with van der Waals surface area (Å²) in [7, 11) is 0. The van der Waals surface area contributed by atoms with Crippen LogP contribution in [0.15, 0.2) is 36.7 Å². The number of pyridine rings is 1. The van der Waals surface area contributed by atoms with Gasteiger partial charge in [0.2, 0.25) is 0 Å². The molecule has 2 heterocycles. The number of benzene rings is 1. The molecular weight excluding hydrogens is 255 g/mol. The number of fused-ring (bicyclic) bond motifs is 1. The summed E-state index contributed by atoms with van der Waals surface area (Å²) in [5.74, 6) is 0.469. The molecule has 0 aliphatic rings. The molecular formula is C16H15FN2O. The predicted octanol–water partition coefficient (Wildman–Crippen LogP) is 3.90. The van der Waals surface area contributed by atoms with Gasteiger partial charge in [-0.15, -0.1) is 0 Å². The van der Waals surface area contributed by atoms with E-state index in [2.05, 4.69) is 16.9 Å². The number of aromatic nitrogens is 2. The third-order valence-electron chi connectivity index (χ3n) is 3.50. The van der Waals surface area contributed by atoms with Gasteiger partial charge in [-0.2, -0.15) is 0 Å². The Labute approximate surface area is 116 Å². The Morgan fingerprint density at radius 3 is 2.65 bits per heavy atom. The number of aromatic amines is 1. The van der Waals surface area contributed by atoms with Crippen molar-refractivity contribution in [2.24, 2.45) is 0 Å². The number of hydrogen-bond acceptors (Lipinski definition) is 2. The lowest BCUT2D eigenvalue weighted by Gasteiger charge is -2.07. The van der Waals surface area contributed by atoms with Crippen LogP contribution in [-0.4, -0.2) is 9.97 Å². The van der Waals surface area contributed by atoms with Crippen LogP contribution in [0.1, 0.15) is 16.8 Å². The average Bonchev–Trinajstić information content (AvgIpc) is 2.75. The smallest absolute Gasteiger partial charge is 0.162 e. The Balaban J connectivity index is 1.87. The summed E-state index contributed by atoms with van der Waals surface area (Å²) in [6, 6.07) is 6.29. The van der Waals surface area contributed by atoms with Crippen molar-refractivity contribution >= 4 is 10.9 Å². The highest BCUT2D eigenvalue weighted by molar-refractivity contribution is 5.88. The van der Waals surface area contributed by atoms with Gasteiger partial charge in [0.25, 0.3) is 0 Å². The molecule has 3 nitrogen and oxygen atoms in total. The molecule has 3 aromatic rings. The second kappa shape index (κ2) is 4.96. The van der Waals surface area contributed by atoms with Gasteiger partial charge in [-0.05, 0) is 37.1 Å². The minimum Gasteiger partial charge on any atom is -0.485 e. The van der Waals surface area contributed by atoms with Crippen molar-refractivity contribution in [2.75, 3.05) is 0 Å². The fourth-order valence-corrected chi connectivity index (χ4v) is 2.19. The summed E-state index contributed by atoms with van der Waals surface area (Å²) in [6.07, 6.45) is 3.53. The summed E-state index contributed by atoms with van der Waals surface area (Å²) < 4.78 is 18.6. The summed E-state index contributed by atoms with van der Waals surface area (Å²) in [5, 5.41) is 1.07. The van der Waals surface area contributed by atoms with Crippen LogP contribution in [-0.2, 0) is 6.61 Å². The maximum absolute atomic E-state index is 12.8. The normalized spacial score (nSPS) is 10.9. The summed E-state index contributed by atoms with van der Waals surface area (Å²) in [4.78, 5) is 7.52. The standard InChI is InChI=1S/C16H15FN2O/c1-10-11(2)19-16-14(10)7-18-8-15(16)20-9-12-3-5-13(17)6-4-12/h3-8,19H,9H2,1-2H3. The fraction of sp³-hybridized carbons (Fsp3) is 0.188. The first-order valence-corrected chi connectivity index (χ1v) is 6.45. The maximum Gasteiger partial charge on any atom is 0.162 e. The highest BCUT2D eigenvalue weighted by atomic mass is 19.1. The molecule has 0 aliphatic carbocycles. The summed E-state index contributed by atoms with van der Waals surface area (Å²) in [6.45, 7) is 4.47. The predicted molar refractivity (Wildman–Crippen MR) is 76.3 cm³/mol. The quantitative estimate of drug-likeness (QED) is 0.783. The minimum absolute atomic E-state index is 0.242. The van der Waals surface area contributed by atoms with Crippen LogP contribution in [0.4, 0.5) is 4.39 Å². The topological polar surface area (TPSA) is 37.9 Å². The summed E-state index contributed by atoms with van der Waals surface area (Å²) >= 11 is 0. The van der Waals surface area contributed by atoms with Crippen LogP contribution in [0.3, 0.4) is 0 Å². The average molecular weight is 270 g/mol. The van der Waals surface area contributed by atoms with Gasteiger partial charge in [-0.3, -0.25) is 4.98 Å². The molecule has 0 unspecified atom stereocenters. The molecule has 20 heavy (non-hydrogen) atoms. The maximum atomic E-state index is 12.8. The van der Waals surface area contributed by atoms with E-state index in [1.165, 1.54) is 17.7 Å². The number of rotatable bonds is 3. The Kier molecular flexibility index (Phi) is 3.14. The molecule has 0 aliphatic heterocycles. The summed E-state index contributed by atoms with van der Waals surface area (Å²) in [5.41, 5.74) is 4.17. The van der Waals surface area contributed by atoms with Crippen LogP contribution in [0.5, 0.6) is 5.75 Å². The van der Waals surface area contributed by atoms with Gasteiger partial charge in [0.1, 0.15) is 12.4 Å². The van der Waals surface area contributed by atoms with E-state index in [-0.39, 0.29) is 5.82 Å². The second-order valence-electron chi connectivity index (χ2n) is 4.85. The van der Waals surface area contributed by atoms with E-state index in [0.717, 1.165) is 22.2 Å². The number of ether oxygens (including phenoxy) is 1.